The van der Waals surface area contributed by atoms with Crippen LogP contribution in [0.3, 0.4) is 0 Å². The third-order valence-corrected chi connectivity index (χ3v) is 5.99. The van der Waals surface area contributed by atoms with Crippen LogP contribution in [0.25, 0.3) is 5.69 Å². The summed E-state index contributed by atoms with van der Waals surface area (Å²) >= 11 is 0. The highest BCUT2D eigenvalue weighted by Gasteiger charge is 2.18. The predicted octanol–water partition coefficient (Wildman–Crippen LogP) is 3.14. The summed E-state index contributed by atoms with van der Waals surface area (Å²) in [4.78, 5) is 16.5. The molecule has 0 aliphatic rings. The molecular formula is C22H18FN5O3S. The van der Waals surface area contributed by atoms with Crippen molar-refractivity contribution in [3.05, 3.63) is 102 Å². The molecule has 1 amide bonds. The molecule has 8 nitrogen and oxygen atoms in total. The van der Waals surface area contributed by atoms with Crippen LogP contribution in [0, 0.1) is 5.82 Å². The monoisotopic (exact) mass is 451 g/mol. The topological polar surface area (TPSA) is 106 Å². The van der Waals surface area contributed by atoms with E-state index in [9.17, 15) is 17.6 Å². The van der Waals surface area contributed by atoms with E-state index in [1.54, 1.807) is 23.1 Å². The molecule has 3 aromatic carbocycles. The Hall–Kier alpha value is -4.05. The summed E-state index contributed by atoms with van der Waals surface area (Å²) in [5.74, 6) is -0.985. The standard InChI is InChI=1S/C22H18FN5O3S/c23-17-7-11-19(12-8-17)32(30,31)27-21-4-2-1-3-20(21)22(29)25-13-16-5-9-18(10-6-16)28-15-24-14-26-28/h1-12,14-15,27H,13H2,(H,25,29). The fourth-order valence-corrected chi connectivity index (χ4v) is 4.05. The lowest BCUT2D eigenvalue weighted by Gasteiger charge is -2.13. The van der Waals surface area contributed by atoms with Gasteiger partial charge in [0.05, 0.1) is 21.8 Å². The first-order valence-electron chi connectivity index (χ1n) is 9.52. The van der Waals surface area contributed by atoms with Crippen LogP contribution in [0.15, 0.2) is 90.3 Å². The van der Waals surface area contributed by atoms with Crippen LogP contribution in [0.2, 0.25) is 0 Å². The van der Waals surface area contributed by atoms with E-state index < -0.39 is 21.7 Å². The Morgan fingerprint density at radius 2 is 1.69 bits per heavy atom. The van der Waals surface area contributed by atoms with Gasteiger partial charge in [-0.15, -0.1) is 0 Å². The van der Waals surface area contributed by atoms with Gasteiger partial charge in [-0.1, -0.05) is 24.3 Å². The van der Waals surface area contributed by atoms with Crippen molar-refractivity contribution in [1.29, 1.82) is 0 Å². The molecule has 0 unspecified atom stereocenters. The van der Waals surface area contributed by atoms with Crippen molar-refractivity contribution in [2.75, 3.05) is 4.72 Å². The highest BCUT2D eigenvalue weighted by atomic mass is 32.2. The number of hydrogen-bond donors (Lipinski definition) is 2. The van der Waals surface area contributed by atoms with Gasteiger partial charge in [-0.2, -0.15) is 5.10 Å². The number of nitrogens with zero attached hydrogens (tertiary/aromatic N) is 3. The third kappa shape index (κ3) is 4.81. The lowest BCUT2D eigenvalue weighted by atomic mass is 10.1. The molecule has 0 fully saturated rings. The van der Waals surface area contributed by atoms with Gasteiger partial charge in [-0.25, -0.2) is 22.5 Å². The molecule has 0 aliphatic heterocycles. The predicted molar refractivity (Wildman–Crippen MR) is 116 cm³/mol. The number of nitrogens with one attached hydrogen (secondary N) is 2. The molecule has 32 heavy (non-hydrogen) atoms. The molecule has 0 saturated heterocycles. The molecule has 0 bridgehead atoms. The lowest BCUT2D eigenvalue weighted by molar-refractivity contribution is 0.0952. The number of amides is 1. The second kappa shape index (κ2) is 8.98. The Bertz CT molecular complexity index is 1320. The molecule has 0 saturated carbocycles. The summed E-state index contributed by atoms with van der Waals surface area (Å²) in [6.45, 7) is 0.246. The van der Waals surface area contributed by atoms with E-state index in [-0.39, 0.29) is 22.7 Å². The Balaban J connectivity index is 1.46. The minimum atomic E-state index is -3.99. The number of benzene rings is 3. The maximum atomic E-state index is 13.1. The van der Waals surface area contributed by atoms with Gasteiger partial charge in [0.15, 0.2) is 0 Å². The van der Waals surface area contributed by atoms with Crippen LogP contribution >= 0.6 is 0 Å². The first-order chi connectivity index (χ1) is 15.4. The van der Waals surface area contributed by atoms with E-state index in [4.69, 9.17) is 0 Å². The molecule has 0 radical (unpaired) electrons. The third-order valence-electron chi connectivity index (χ3n) is 4.61. The molecule has 1 aromatic heterocycles. The maximum Gasteiger partial charge on any atom is 0.261 e. The van der Waals surface area contributed by atoms with Gasteiger partial charge in [-0.05, 0) is 54.1 Å². The number of para-hydroxylation sites is 1. The van der Waals surface area contributed by atoms with E-state index >= 15 is 0 Å². The van der Waals surface area contributed by atoms with Gasteiger partial charge in [0.25, 0.3) is 15.9 Å². The highest BCUT2D eigenvalue weighted by molar-refractivity contribution is 7.92. The number of carbonyl (C=O) groups is 1. The fourth-order valence-electron chi connectivity index (χ4n) is 2.97. The summed E-state index contributed by atoms with van der Waals surface area (Å²) in [6.07, 6.45) is 3.02. The molecule has 10 heteroatoms. The van der Waals surface area contributed by atoms with Crippen molar-refractivity contribution in [3.8, 4) is 5.69 Å². The molecule has 0 atom stereocenters. The molecular weight excluding hydrogens is 433 g/mol. The fraction of sp³-hybridized carbons (Fsp3) is 0.0455. The summed E-state index contributed by atoms with van der Waals surface area (Å²) in [5, 5.41) is 6.84. The van der Waals surface area contributed by atoms with E-state index in [0.717, 1.165) is 35.5 Å². The summed E-state index contributed by atoms with van der Waals surface area (Å²) in [6, 6.07) is 18.1. The molecule has 4 rings (SSSR count). The first-order valence-corrected chi connectivity index (χ1v) is 11.0. The van der Waals surface area contributed by atoms with Crippen LogP contribution in [0.1, 0.15) is 15.9 Å². The number of hydrogen-bond acceptors (Lipinski definition) is 5. The van der Waals surface area contributed by atoms with Gasteiger partial charge in [-0.3, -0.25) is 9.52 Å². The number of halogens is 1. The molecule has 2 N–H and O–H groups in total. The van der Waals surface area contributed by atoms with Crippen molar-refractivity contribution in [2.24, 2.45) is 0 Å². The van der Waals surface area contributed by atoms with Gasteiger partial charge in [0.1, 0.15) is 18.5 Å². The van der Waals surface area contributed by atoms with E-state index in [1.165, 1.54) is 18.5 Å². The first kappa shape index (κ1) is 21.2. The summed E-state index contributed by atoms with van der Waals surface area (Å²) in [5.41, 5.74) is 1.97. The van der Waals surface area contributed by atoms with Gasteiger partial charge in [0.2, 0.25) is 0 Å². The molecule has 0 spiro atoms. The second-order valence-electron chi connectivity index (χ2n) is 6.79. The average Bonchev–Trinajstić information content (AvgIpc) is 3.33. The molecule has 4 aromatic rings. The van der Waals surface area contributed by atoms with E-state index in [0.29, 0.717) is 0 Å². The molecule has 0 aliphatic carbocycles. The largest absolute Gasteiger partial charge is 0.348 e. The highest BCUT2D eigenvalue weighted by Crippen LogP contribution is 2.20. The van der Waals surface area contributed by atoms with Crippen LogP contribution < -0.4 is 10.0 Å². The van der Waals surface area contributed by atoms with Crippen molar-refractivity contribution < 1.29 is 17.6 Å². The Kier molecular flexibility index (Phi) is 5.95. The summed E-state index contributed by atoms with van der Waals surface area (Å²) < 4.78 is 42.4. The lowest BCUT2D eigenvalue weighted by Crippen LogP contribution is -2.25. The smallest absolute Gasteiger partial charge is 0.261 e. The van der Waals surface area contributed by atoms with Crippen molar-refractivity contribution in [1.82, 2.24) is 20.1 Å². The van der Waals surface area contributed by atoms with Crippen molar-refractivity contribution in [2.45, 2.75) is 11.4 Å². The number of rotatable bonds is 7. The normalized spacial score (nSPS) is 11.2. The van der Waals surface area contributed by atoms with Gasteiger partial charge >= 0.3 is 0 Å². The Morgan fingerprint density at radius 3 is 2.38 bits per heavy atom. The number of anilines is 1. The molecule has 162 valence electrons. The van der Waals surface area contributed by atoms with E-state index in [2.05, 4.69) is 20.1 Å². The van der Waals surface area contributed by atoms with Gasteiger partial charge < -0.3 is 5.32 Å². The quantitative estimate of drug-likeness (QED) is 0.449. The SMILES string of the molecule is O=C(NCc1ccc(-n2cncn2)cc1)c1ccccc1NS(=O)(=O)c1ccc(F)cc1. The zero-order valence-corrected chi connectivity index (χ0v) is 17.5. The van der Waals surface area contributed by atoms with Crippen LogP contribution in [-0.2, 0) is 16.6 Å². The van der Waals surface area contributed by atoms with E-state index in [1.807, 2.05) is 24.3 Å². The zero-order valence-electron chi connectivity index (χ0n) is 16.6. The zero-order chi connectivity index (χ0) is 22.6. The number of carbonyl (C=O) groups excluding carboxylic acids is 1. The Labute approximate surface area is 183 Å². The van der Waals surface area contributed by atoms with Crippen LogP contribution in [0.5, 0.6) is 0 Å². The minimum Gasteiger partial charge on any atom is -0.348 e. The maximum absolute atomic E-state index is 13.1. The number of sulfonamides is 1. The van der Waals surface area contributed by atoms with Crippen LogP contribution in [-0.4, -0.2) is 29.1 Å². The molecule has 1 heterocycles. The number of aromatic nitrogens is 3. The van der Waals surface area contributed by atoms with Gasteiger partial charge in [0, 0.05) is 6.54 Å². The Morgan fingerprint density at radius 1 is 0.969 bits per heavy atom. The second-order valence-corrected chi connectivity index (χ2v) is 8.48. The van der Waals surface area contributed by atoms with Crippen LogP contribution in [0.4, 0.5) is 10.1 Å². The van der Waals surface area contributed by atoms with Crippen molar-refractivity contribution >= 4 is 21.6 Å². The average molecular weight is 451 g/mol. The summed E-state index contributed by atoms with van der Waals surface area (Å²) in [7, 11) is -3.99. The van der Waals surface area contributed by atoms with Crippen molar-refractivity contribution in [3.63, 3.8) is 0 Å². The minimum absolute atomic E-state index is 0.110.